The SMILES string of the molecule is O=C(O)NCCc1cccc([N+](=O)[O-])c1F. The number of hydrogen-bond donors (Lipinski definition) is 2. The van der Waals surface area contributed by atoms with Gasteiger partial charge in [0.2, 0.25) is 5.82 Å². The van der Waals surface area contributed by atoms with Gasteiger partial charge in [0.25, 0.3) is 0 Å². The molecule has 0 spiro atoms. The molecule has 0 bridgehead atoms. The van der Waals surface area contributed by atoms with Crippen molar-refractivity contribution >= 4 is 11.8 Å². The van der Waals surface area contributed by atoms with Crippen molar-refractivity contribution in [2.75, 3.05) is 6.54 Å². The molecule has 7 heteroatoms. The van der Waals surface area contributed by atoms with Crippen LogP contribution < -0.4 is 5.32 Å². The normalized spacial score (nSPS) is 9.81. The van der Waals surface area contributed by atoms with Crippen LogP contribution in [0.5, 0.6) is 0 Å². The van der Waals surface area contributed by atoms with Crippen molar-refractivity contribution in [1.29, 1.82) is 0 Å². The first-order valence-electron chi connectivity index (χ1n) is 4.41. The van der Waals surface area contributed by atoms with Crippen molar-refractivity contribution in [1.82, 2.24) is 5.32 Å². The van der Waals surface area contributed by atoms with Crippen LogP contribution in [0.4, 0.5) is 14.9 Å². The van der Waals surface area contributed by atoms with Gasteiger partial charge in [-0.3, -0.25) is 10.1 Å². The molecule has 0 unspecified atom stereocenters. The predicted octanol–water partition coefficient (Wildman–Crippen LogP) is 1.54. The number of benzene rings is 1. The quantitative estimate of drug-likeness (QED) is 0.603. The summed E-state index contributed by atoms with van der Waals surface area (Å²) in [6.45, 7) is 0.00736. The van der Waals surface area contributed by atoms with Crippen LogP contribution in [0.15, 0.2) is 18.2 Å². The Bertz CT molecular complexity index is 422. The van der Waals surface area contributed by atoms with Gasteiger partial charge in [-0.05, 0) is 12.0 Å². The third kappa shape index (κ3) is 2.91. The molecule has 1 aromatic rings. The zero-order valence-electron chi connectivity index (χ0n) is 8.14. The number of amides is 1. The highest BCUT2D eigenvalue weighted by Crippen LogP contribution is 2.20. The fraction of sp³-hybridized carbons (Fsp3) is 0.222. The smallest absolute Gasteiger partial charge is 0.404 e. The van der Waals surface area contributed by atoms with Crippen LogP contribution >= 0.6 is 0 Å². The zero-order chi connectivity index (χ0) is 12.1. The molecule has 0 aromatic heterocycles. The Labute approximate surface area is 89.9 Å². The fourth-order valence-corrected chi connectivity index (χ4v) is 1.20. The summed E-state index contributed by atoms with van der Waals surface area (Å²) in [5, 5.41) is 20.8. The number of hydrogen-bond acceptors (Lipinski definition) is 3. The molecule has 0 radical (unpaired) electrons. The summed E-state index contributed by atoms with van der Waals surface area (Å²) in [6, 6.07) is 3.80. The van der Waals surface area contributed by atoms with Crippen LogP contribution in [0.2, 0.25) is 0 Å². The molecule has 0 aliphatic rings. The molecule has 0 aliphatic heterocycles. The van der Waals surface area contributed by atoms with Gasteiger partial charge in [0.15, 0.2) is 0 Å². The lowest BCUT2D eigenvalue weighted by atomic mass is 10.1. The van der Waals surface area contributed by atoms with Crippen molar-refractivity contribution in [2.45, 2.75) is 6.42 Å². The van der Waals surface area contributed by atoms with Crippen LogP contribution in [0.25, 0.3) is 0 Å². The second-order valence-corrected chi connectivity index (χ2v) is 2.99. The van der Waals surface area contributed by atoms with E-state index >= 15 is 0 Å². The topological polar surface area (TPSA) is 92.5 Å². The largest absolute Gasteiger partial charge is 0.465 e. The van der Waals surface area contributed by atoms with E-state index in [-0.39, 0.29) is 18.5 Å². The highest BCUT2D eigenvalue weighted by atomic mass is 19.1. The second kappa shape index (κ2) is 5.06. The van der Waals surface area contributed by atoms with Crippen LogP contribution in [0.1, 0.15) is 5.56 Å². The summed E-state index contributed by atoms with van der Waals surface area (Å²) < 4.78 is 13.4. The number of nitro groups is 1. The van der Waals surface area contributed by atoms with Gasteiger partial charge < -0.3 is 10.4 Å². The Morgan fingerprint density at radius 2 is 2.25 bits per heavy atom. The fourth-order valence-electron chi connectivity index (χ4n) is 1.20. The molecule has 1 rings (SSSR count). The number of carboxylic acid groups (broad SMARTS) is 1. The number of nitrogens with one attached hydrogen (secondary N) is 1. The highest BCUT2D eigenvalue weighted by Gasteiger charge is 2.16. The number of nitro benzene ring substituents is 1. The van der Waals surface area contributed by atoms with Gasteiger partial charge in [0, 0.05) is 12.6 Å². The average molecular weight is 228 g/mol. The van der Waals surface area contributed by atoms with Gasteiger partial charge in [0.05, 0.1) is 4.92 Å². The molecule has 0 saturated heterocycles. The summed E-state index contributed by atoms with van der Waals surface area (Å²) in [5.74, 6) is -0.917. The molecule has 2 N–H and O–H groups in total. The van der Waals surface area contributed by atoms with Gasteiger partial charge in [-0.15, -0.1) is 0 Å². The van der Waals surface area contributed by atoms with Crippen LogP contribution in [0.3, 0.4) is 0 Å². The van der Waals surface area contributed by atoms with E-state index < -0.39 is 22.5 Å². The minimum Gasteiger partial charge on any atom is -0.465 e. The molecule has 0 aliphatic carbocycles. The van der Waals surface area contributed by atoms with Crippen LogP contribution in [-0.4, -0.2) is 22.7 Å². The minimum atomic E-state index is -1.22. The molecular weight excluding hydrogens is 219 g/mol. The first-order valence-corrected chi connectivity index (χ1v) is 4.41. The van der Waals surface area contributed by atoms with E-state index in [9.17, 15) is 19.3 Å². The van der Waals surface area contributed by atoms with Crippen molar-refractivity contribution in [3.8, 4) is 0 Å². The number of rotatable bonds is 4. The highest BCUT2D eigenvalue weighted by molar-refractivity contribution is 5.64. The van der Waals surface area contributed by atoms with E-state index in [1.165, 1.54) is 12.1 Å². The molecule has 6 nitrogen and oxygen atoms in total. The summed E-state index contributed by atoms with van der Waals surface area (Å²) in [4.78, 5) is 19.7. The monoisotopic (exact) mass is 228 g/mol. The first kappa shape index (κ1) is 11.9. The van der Waals surface area contributed by atoms with Crippen molar-refractivity contribution in [2.24, 2.45) is 0 Å². The molecule has 1 aromatic carbocycles. The minimum absolute atomic E-state index is 0.00736. The molecule has 0 fully saturated rings. The Morgan fingerprint density at radius 3 is 2.81 bits per heavy atom. The van der Waals surface area contributed by atoms with E-state index in [4.69, 9.17) is 5.11 Å². The van der Waals surface area contributed by atoms with Crippen LogP contribution in [0, 0.1) is 15.9 Å². The van der Waals surface area contributed by atoms with E-state index in [2.05, 4.69) is 5.32 Å². The number of halogens is 1. The van der Waals surface area contributed by atoms with Gasteiger partial charge in [-0.1, -0.05) is 12.1 Å². The summed E-state index contributed by atoms with van der Waals surface area (Å²) >= 11 is 0. The molecule has 16 heavy (non-hydrogen) atoms. The maximum atomic E-state index is 13.4. The summed E-state index contributed by atoms with van der Waals surface area (Å²) in [5.41, 5.74) is -0.490. The lowest BCUT2D eigenvalue weighted by Gasteiger charge is -2.03. The van der Waals surface area contributed by atoms with Crippen LogP contribution in [-0.2, 0) is 6.42 Å². The lowest BCUT2D eigenvalue weighted by Crippen LogP contribution is -2.23. The van der Waals surface area contributed by atoms with Crippen molar-refractivity contribution < 1.29 is 19.2 Å². The Morgan fingerprint density at radius 1 is 1.56 bits per heavy atom. The summed E-state index contributed by atoms with van der Waals surface area (Å²) in [7, 11) is 0. The van der Waals surface area contributed by atoms with Gasteiger partial charge >= 0.3 is 11.8 Å². The van der Waals surface area contributed by atoms with E-state index in [0.29, 0.717) is 0 Å². The molecule has 0 atom stereocenters. The molecule has 1 amide bonds. The lowest BCUT2D eigenvalue weighted by molar-refractivity contribution is -0.387. The number of carbonyl (C=O) groups is 1. The third-order valence-corrected chi connectivity index (χ3v) is 1.93. The zero-order valence-corrected chi connectivity index (χ0v) is 8.14. The maximum absolute atomic E-state index is 13.4. The number of nitrogens with zero attached hydrogens (tertiary/aromatic N) is 1. The van der Waals surface area contributed by atoms with E-state index in [1.54, 1.807) is 0 Å². The first-order chi connectivity index (χ1) is 7.52. The Hall–Kier alpha value is -2.18. The van der Waals surface area contributed by atoms with Gasteiger partial charge in [-0.2, -0.15) is 4.39 Å². The molecular formula is C9H9FN2O4. The van der Waals surface area contributed by atoms with Gasteiger partial charge in [-0.25, -0.2) is 4.79 Å². The second-order valence-electron chi connectivity index (χ2n) is 2.99. The van der Waals surface area contributed by atoms with E-state index in [0.717, 1.165) is 6.07 Å². The Balaban J connectivity index is 2.77. The van der Waals surface area contributed by atoms with Gasteiger partial charge in [0.1, 0.15) is 0 Å². The van der Waals surface area contributed by atoms with Crippen molar-refractivity contribution in [3.05, 3.63) is 39.7 Å². The molecule has 86 valence electrons. The maximum Gasteiger partial charge on any atom is 0.404 e. The predicted molar refractivity (Wildman–Crippen MR) is 52.8 cm³/mol. The molecule has 0 heterocycles. The standard InChI is InChI=1S/C9H9FN2O4/c10-8-6(4-5-11-9(13)14)2-1-3-7(8)12(15)16/h1-3,11H,4-5H2,(H,13,14). The summed E-state index contributed by atoms with van der Waals surface area (Å²) in [6.07, 6.45) is -1.15. The third-order valence-electron chi connectivity index (χ3n) is 1.93. The van der Waals surface area contributed by atoms with Crippen molar-refractivity contribution in [3.63, 3.8) is 0 Å². The Kier molecular flexibility index (Phi) is 3.76. The van der Waals surface area contributed by atoms with E-state index in [1.807, 2.05) is 0 Å². The molecule has 0 saturated carbocycles. The average Bonchev–Trinajstić information content (AvgIpc) is 2.19.